The van der Waals surface area contributed by atoms with Crippen molar-refractivity contribution in [2.75, 3.05) is 18.5 Å². The summed E-state index contributed by atoms with van der Waals surface area (Å²) in [5.74, 6) is 0.533. The van der Waals surface area contributed by atoms with E-state index in [0.717, 1.165) is 22.0 Å². The Bertz CT molecular complexity index is 964. The van der Waals surface area contributed by atoms with Crippen LogP contribution in [0, 0.1) is 0 Å². The van der Waals surface area contributed by atoms with Crippen LogP contribution in [0.2, 0.25) is 0 Å². The standard InChI is InChI=1S/C19H18BN3O3/c24-19(23-16-3-2-15-12-21-6-5-14(15)11-16)10-13-1-4-18-17(9-13)20(25)22-7-8-26-18/h1-6,9,11-12,22,25H,7-8,10H2,(H,23,24). The van der Waals surface area contributed by atoms with Gasteiger partial charge in [0.1, 0.15) is 5.75 Å². The van der Waals surface area contributed by atoms with Crippen molar-refractivity contribution >= 4 is 34.9 Å². The summed E-state index contributed by atoms with van der Waals surface area (Å²) in [4.78, 5) is 16.5. The normalized spacial score (nSPS) is 13.7. The van der Waals surface area contributed by atoms with E-state index >= 15 is 0 Å². The van der Waals surface area contributed by atoms with E-state index in [1.807, 2.05) is 36.4 Å². The molecule has 0 saturated heterocycles. The highest BCUT2D eigenvalue weighted by molar-refractivity contribution is 6.64. The minimum absolute atomic E-state index is 0.115. The number of fused-ring (bicyclic) bond motifs is 2. The van der Waals surface area contributed by atoms with Crippen LogP contribution >= 0.6 is 0 Å². The zero-order valence-corrected chi connectivity index (χ0v) is 14.1. The van der Waals surface area contributed by atoms with Gasteiger partial charge >= 0.3 is 7.05 Å². The quantitative estimate of drug-likeness (QED) is 0.618. The number of pyridine rings is 1. The molecule has 0 unspecified atom stereocenters. The van der Waals surface area contributed by atoms with Crippen molar-refractivity contribution in [2.24, 2.45) is 0 Å². The van der Waals surface area contributed by atoms with E-state index < -0.39 is 7.05 Å². The fourth-order valence-corrected chi connectivity index (χ4v) is 3.07. The van der Waals surface area contributed by atoms with Crippen LogP contribution in [-0.4, -0.2) is 36.1 Å². The SMILES string of the molecule is O=C(Cc1ccc2c(c1)B(O)NCCO2)Nc1ccc2cnccc2c1. The molecule has 1 aliphatic heterocycles. The third-order valence-corrected chi connectivity index (χ3v) is 4.36. The van der Waals surface area contributed by atoms with Gasteiger partial charge in [-0.1, -0.05) is 18.2 Å². The minimum Gasteiger partial charge on any atom is -0.493 e. The Morgan fingerprint density at radius 1 is 1.23 bits per heavy atom. The maximum Gasteiger partial charge on any atom is 0.417 e. The topological polar surface area (TPSA) is 83.5 Å². The molecule has 2 aromatic carbocycles. The van der Waals surface area contributed by atoms with Crippen molar-refractivity contribution in [3.8, 4) is 5.75 Å². The molecular formula is C19H18BN3O3. The van der Waals surface area contributed by atoms with Gasteiger partial charge < -0.3 is 20.3 Å². The summed E-state index contributed by atoms with van der Waals surface area (Å²) < 4.78 is 5.59. The third-order valence-electron chi connectivity index (χ3n) is 4.36. The van der Waals surface area contributed by atoms with Crippen molar-refractivity contribution in [2.45, 2.75) is 6.42 Å². The van der Waals surface area contributed by atoms with Gasteiger partial charge in [-0.25, -0.2) is 0 Å². The van der Waals surface area contributed by atoms with Gasteiger partial charge in [-0.05, 0) is 35.2 Å². The van der Waals surface area contributed by atoms with Crippen LogP contribution in [-0.2, 0) is 11.2 Å². The van der Waals surface area contributed by atoms with Crippen LogP contribution in [0.5, 0.6) is 5.75 Å². The Kier molecular flexibility index (Phi) is 4.56. The van der Waals surface area contributed by atoms with Crippen LogP contribution in [0.4, 0.5) is 5.69 Å². The molecule has 0 fully saturated rings. The van der Waals surface area contributed by atoms with E-state index in [1.54, 1.807) is 18.5 Å². The molecule has 1 aromatic heterocycles. The summed E-state index contributed by atoms with van der Waals surface area (Å²) in [7, 11) is -0.787. The van der Waals surface area contributed by atoms with Gasteiger partial charge in [0.25, 0.3) is 0 Å². The number of aromatic nitrogens is 1. The average Bonchev–Trinajstić information content (AvgIpc) is 2.83. The second-order valence-electron chi connectivity index (χ2n) is 6.24. The molecule has 2 heterocycles. The van der Waals surface area contributed by atoms with Crippen LogP contribution in [0.25, 0.3) is 10.8 Å². The second kappa shape index (κ2) is 7.15. The van der Waals surface area contributed by atoms with Crippen molar-refractivity contribution in [1.82, 2.24) is 10.2 Å². The van der Waals surface area contributed by atoms with Crippen molar-refractivity contribution in [3.05, 3.63) is 60.4 Å². The largest absolute Gasteiger partial charge is 0.493 e. The van der Waals surface area contributed by atoms with Crippen LogP contribution < -0.4 is 20.7 Å². The predicted molar refractivity (Wildman–Crippen MR) is 102 cm³/mol. The van der Waals surface area contributed by atoms with Crippen LogP contribution in [0.15, 0.2) is 54.9 Å². The number of anilines is 1. The molecule has 3 N–H and O–H groups in total. The number of rotatable bonds is 3. The number of amides is 1. The van der Waals surface area contributed by atoms with Gasteiger partial charge in [0.2, 0.25) is 5.91 Å². The summed E-state index contributed by atoms with van der Waals surface area (Å²) >= 11 is 0. The molecule has 0 radical (unpaired) electrons. The third kappa shape index (κ3) is 3.54. The summed E-state index contributed by atoms with van der Waals surface area (Å²) in [5, 5.41) is 18.1. The molecule has 1 aliphatic rings. The van der Waals surface area contributed by atoms with Gasteiger partial charge in [-0.15, -0.1) is 0 Å². The first kappa shape index (κ1) is 16.6. The van der Waals surface area contributed by atoms with Gasteiger partial charge in [0.05, 0.1) is 13.0 Å². The molecule has 0 aliphatic carbocycles. The fourth-order valence-electron chi connectivity index (χ4n) is 3.07. The number of nitrogens with zero attached hydrogens (tertiary/aromatic N) is 1. The van der Waals surface area contributed by atoms with Crippen molar-refractivity contribution in [3.63, 3.8) is 0 Å². The predicted octanol–water partition coefficient (Wildman–Crippen LogP) is 1.09. The van der Waals surface area contributed by atoms with Crippen molar-refractivity contribution < 1.29 is 14.6 Å². The number of carbonyl (C=O) groups is 1. The lowest BCUT2D eigenvalue weighted by atomic mass is 9.73. The molecular weight excluding hydrogens is 329 g/mol. The number of benzene rings is 2. The van der Waals surface area contributed by atoms with E-state index in [0.29, 0.717) is 24.4 Å². The summed E-state index contributed by atoms with van der Waals surface area (Å²) in [6, 6.07) is 13.1. The Balaban J connectivity index is 1.49. The molecule has 6 nitrogen and oxygen atoms in total. The average molecular weight is 347 g/mol. The van der Waals surface area contributed by atoms with E-state index in [1.165, 1.54) is 0 Å². The monoisotopic (exact) mass is 347 g/mol. The Labute approximate surface area is 151 Å². The second-order valence-corrected chi connectivity index (χ2v) is 6.24. The molecule has 0 spiro atoms. The highest BCUT2D eigenvalue weighted by Crippen LogP contribution is 2.18. The maximum absolute atomic E-state index is 12.4. The first-order valence-corrected chi connectivity index (χ1v) is 8.50. The molecule has 0 bridgehead atoms. The molecule has 130 valence electrons. The van der Waals surface area contributed by atoms with Gasteiger partial charge in [0.15, 0.2) is 0 Å². The highest BCUT2D eigenvalue weighted by atomic mass is 16.5. The molecule has 3 aromatic rings. The Morgan fingerprint density at radius 3 is 3.08 bits per heavy atom. The fraction of sp³-hybridized carbons (Fsp3) is 0.158. The molecule has 7 heteroatoms. The zero-order chi connectivity index (χ0) is 17.9. The summed E-state index contributed by atoms with van der Waals surface area (Å²) in [5.41, 5.74) is 2.22. The van der Waals surface area contributed by atoms with E-state index in [4.69, 9.17) is 4.74 Å². The minimum atomic E-state index is -0.787. The van der Waals surface area contributed by atoms with E-state index in [9.17, 15) is 9.82 Å². The number of hydrogen-bond acceptors (Lipinski definition) is 5. The van der Waals surface area contributed by atoms with Crippen molar-refractivity contribution in [1.29, 1.82) is 0 Å². The van der Waals surface area contributed by atoms with Crippen LogP contribution in [0.3, 0.4) is 0 Å². The molecule has 1 amide bonds. The Hall–Kier alpha value is -2.90. The van der Waals surface area contributed by atoms with Crippen LogP contribution in [0.1, 0.15) is 5.56 Å². The summed E-state index contributed by atoms with van der Waals surface area (Å²) in [6.45, 7) is 1.07. The van der Waals surface area contributed by atoms with Gasteiger partial charge in [-0.3, -0.25) is 9.78 Å². The lowest BCUT2D eigenvalue weighted by Crippen LogP contribution is -2.44. The summed E-state index contributed by atoms with van der Waals surface area (Å²) in [6.07, 6.45) is 3.73. The lowest BCUT2D eigenvalue weighted by molar-refractivity contribution is -0.115. The number of carbonyl (C=O) groups excluding carboxylic acids is 1. The first-order valence-electron chi connectivity index (χ1n) is 8.50. The highest BCUT2D eigenvalue weighted by Gasteiger charge is 2.22. The number of ether oxygens (including phenoxy) is 1. The van der Waals surface area contributed by atoms with E-state index in [-0.39, 0.29) is 12.3 Å². The maximum atomic E-state index is 12.4. The first-order chi connectivity index (χ1) is 12.7. The zero-order valence-electron chi connectivity index (χ0n) is 14.1. The van der Waals surface area contributed by atoms with Gasteiger partial charge in [0, 0.05) is 35.5 Å². The molecule has 26 heavy (non-hydrogen) atoms. The number of hydrogen-bond donors (Lipinski definition) is 3. The Morgan fingerprint density at radius 2 is 2.15 bits per heavy atom. The molecule has 0 atom stereocenters. The number of nitrogens with one attached hydrogen (secondary N) is 2. The smallest absolute Gasteiger partial charge is 0.417 e. The van der Waals surface area contributed by atoms with E-state index in [2.05, 4.69) is 15.5 Å². The molecule has 4 rings (SSSR count). The molecule has 0 saturated carbocycles. The van der Waals surface area contributed by atoms with Gasteiger partial charge in [-0.2, -0.15) is 0 Å². The lowest BCUT2D eigenvalue weighted by Gasteiger charge is -2.11.